The summed E-state index contributed by atoms with van der Waals surface area (Å²) in [5.41, 5.74) is 1.34. The maximum Gasteiger partial charge on any atom is 0.251 e. The van der Waals surface area contributed by atoms with Crippen LogP contribution in [0.25, 0.3) is 0 Å². The number of ether oxygens (including phenoxy) is 1. The van der Waals surface area contributed by atoms with Crippen LogP contribution in [0, 0.1) is 0 Å². The molecule has 0 radical (unpaired) electrons. The van der Waals surface area contributed by atoms with Crippen LogP contribution in [0.4, 0.5) is 0 Å². The first-order valence-corrected chi connectivity index (χ1v) is 6.77. The highest BCUT2D eigenvalue weighted by atomic mass is 16.5. The molecule has 1 aromatic carbocycles. The first-order chi connectivity index (χ1) is 10.7. The average Bonchev–Trinajstić information content (AvgIpc) is 2.58. The van der Waals surface area contributed by atoms with E-state index in [2.05, 4.69) is 15.6 Å². The zero-order valence-corrected chi connectivity index (χ0v) is 12.2. The summed E-state index contributed by atoms with van der Waals surface area (Å²) in [5, 5.41) is 5.27. The number of nitrogens with one attached hydrogen (secondary N) is 2. The van der Waals surface area contributed by atoms with E-state index >= 15 is 0 Å². The van der Waals surface area contributed by atoms with Gasteiger partial charge in [0, 0.05) is 24.5 Å². The van der Waals surface area contributed by atoms with Crippen molar-refractivity contribution in [3.05, 3.63) is 59.9 Å². The number of benzene rings is 1. The van der Waals surface area contributed by atoms with E-state index in [0.29, 0.717) is 17.9 Å². The Bertz CT molecular complexity index is 644. The van der Waals surface area contributed by atoms with E-state index in [4.69, 9.17) is 4.74 Å². The maximum absolute atomic E-state index is 11.9. The summed E-state index contributed by atoms with van der Waals surface area (Å²) in [6, 6.07) is 10.4. The van der Waals surface area contributed by atoms with Gasteiger partial charge in [0.2, 0.25) is 5.91 Å². The molecule has 6 heteroatoms. The minimum absolute atomic E-state index is 0.0870. The van der Waals surface area contributed by atoms with Gasteiger partial charge < -0.3 is 15.4 Å². The van der Waals surface area contributed by atoms with Gasteiger partial charge in [-0.15, -0.1) is 0 Å². The van der Waals surface area contributed by atoms with Crippen LogP contribution in [-0.4, -0.2) is 30.5 Å². The van der Waals surface area contributed by atoms with Crippen molar-refractivity contribution in [3.63, 3.8) is 0 Å². The quantitative estimate of drug-likeness (QED) is 0.838. The van der Waals surface area contributed by atoms with Gasteiger partial charge in [-0.05, 0) is 29.8 Å². The highest BCUT2D eigenvalue weighted by Gasteiger charge is 2.08. The lowest BCUT2D eigenvalue weighted by molar-refractivity contribution is -0.120. The van der Waals surface area contributed by atoms with Crippen LogP contribution in [0.3, 0.4) is 0 Å². The van der Waals surface area contributed by atoms with Gasteiger partial charge >= 0.3 is 0 Å². The third kappa shape index (κ3) is 4.59. The van der Waals surface area contributed by atoms with Gasteiger partial charge in [0.25, 0.3) is 5.91 Å². The maximum atomic E-state index is 11.9. The Morgan fingerprint density at radius 1 is 1.18 bits per heavy atom. The highest BCUT2D eigenvalue weighted by Crippen LogP contribution is 2.12. The van der Waals surface area contributed by atoms with Crippen molar-refractivity contribution in [1.82, 2.24) is 15.6 Å². The van der Waals surface area contributed by atoms with E-state index in [-0.39, 0.29) is 18.4 Å². The van der Waals surface area contributed by atoms with Gasteiger partial charge in [-0.1, -0.05) is 12.1 Å². The van der Waals surface area contributed by atoms with E-state index in [1.165, 1.54) is 7.11 Å². The number of methoxy groups -OCH3 is 1. The van der Waals surface area contributed by atoms with Crippen molar-refractivity contribution < 1.29 is 14.3 Å². The molecule has 2 rings (SSSR count). The van der Waals surface area contributed by atoms with Gasteiger partial charge in [-0.3, -0.25) is 14.6 Å². The van der Waals surface area contributed by atoms with Crippen molar-refractivity contribution in [1.29, 1.82) is 0 Å². The Labute approximate surface area is 128 Å². The molecular formula is C16H17N3O3. The van der Waals surface area contributed by atoms with Crippen molar-refractivity contribution >= 4 is 11.8 Å². The average molecular weight is 299 g/mol. The summed E-state index contributed by atoms with van der Waals surface area (Å²) in [4.78, 5) is 27.6. The lowest BCUT2D eigenvalue weighted by Crippen LogP contribution is -2.36. The lowest BCUT2D eigenvalue weighted by atomic mass is 10.2. The third-order valence-corrected chi connectivity index (χ3v) is 2.95. The first kappa shape index (κ1) is 15.5. The van der Waals surface area contributed by atoms with Crippen LogP contribution in [0.5, 0.6) is 5.75 Å². The fourth-order valence-corrected chi connectivity index (χ4v) is 1.79. The van der Waals surface area contributed by atoms with Crippen LogP contribution in [0.2, 0.25) is 0 Å². The number of rotatable bonds is 6. The molecule has 22 heavy (non-hydrogen) atoms. The largest absolute Gasteiger partial charge is 0.497 e. The molecule has 2 amide bonds. The lowest BCUT2D eigenvalue weighted by Gasteiger charge is -2.07. The molecule has 0 saturated carbocycles. The molecule has 0 saturated heterocycles. The Morgan fingerprint density at radius 2 is 2.05 bits per heavy atom. The summed E-state index contributed by atoms with van der Waals surface area (Å²) in [5.74, 6) is 0.00389. The van der Waals surface area contributed by atoms with Crippen LogP contribution >= 0.6 is 0 Å². The molecule has 114 valence electrons. The van der Waals surface area contributed by atoms with E-state index in [1.807, 2.05) is 6.07 Å². The minimum Gasteiger partial charge on any atom is -0.497 e. The zero-order chi connectivity index (χ0) is 15.8. The van der Waals surface area contributed by atoms with Crippen molar-refractivity contribution in [2.24, 2.45) is 0 Å². The SMILES string of the molecule is COc1cccc(C(=O)NCC(=O)NCc2cccnc2)c1. The van der Waals surface area contributed by atoms with E-state index in [0.717, 1.165) is 5.56 Å². The molecule has 6 nitrogen and oxygen atoms in total. The Morgan fingerprint density at radius 3 is 2.77 bits per heavy atom. The van der Waals surface area contributed by atoms with E-state index in [9.17, 15) is 9.59 Å². The monoisotopic (exact) mass is 299 g/mol. The molecule has 0 spiro atoms. The fraction of sp³-hybridized carbons (Fsp3) is 0.188. The molecule has 2 aromatic rings. The Kier molecular flexibility index (Phi) is 5.48. The smallest absolute Gasteiger partial charge is 0.251 e. The number of carbonyl (C=O) groups is 2. The number of carbonyl (C=O) groups excluding carboxylic acids is 2. The first-order valence-electron chi connectivity index (χ1n) is 6.77. The number of pyridine rings is 1. The zero-order valence-electron chi connectivity index (χ0n) is 12.2. The molecule has 1 aromatic heterocycles. The molecule has 0 aliphatic heterocycles. The number of hydrogen-bond acceptors (Lipinski definition) is 4. The standard InChI is InChI=1S/C16H17N3O3/c1-22-14-6-2-5-13(8-14)16(21)19-11-15(20)18-10-12-4-3-7-17-9-12/h2-9H,10-11H2,1H3,(H,18,20)(H,19,21). The second-order valence-electron chi connectivity index (χ2n) is 4.55. The number of nitrogens with zero attached hydrogens (tertiary/aromatic N) is 1. The normalized spacial score (nSPS) is 9.86. The van der Waals surface area contributed by atoms with Gasteiger partial charge in [0.1, 0.15) is 5.75 Å². The highest BCUT2D eigenvalue weighted by molar-refractivity contribution is 5.96. The van der Waals surface area contributed by atoms with Crippen molar-refractivity contribution in [2.45, 2.75) is 6.54 Å². The van der Waals surface area contributed by atoms with Gasteiger partial charge in [-0.25, -0.2) is 0 Å². The molecule has 1 heterocycles. The summed E-state index contributed by atoms with van der Waals surface area (Å²) < 4.78 is 5.05. The molecular weight excluding hydrogens is 282 g/mol. The van der Waals surface area contributed by atoms with Gasteiger partial charge in [0.15, 0.2) is 0 Å². The topological polar surface area (TPSA) is 80.3 Å². The van der Waals surface area contributed by atoms with E-state index in [1.54, 1.807) is 42.7 Å². The molecule has 0 unspecified atom stereocenters. The van der Waals surface area contributed by atoms with Crippen molar-refractivity contribution in [2.75, 3.05) is 13.7 Å². The van der Waals surface area contributed by atoms with Crippen LogP contribution in [0.15, 0.2) is 48.8 Å². The molecule has 0 atom stereocenters. The Balaban J connectivity index is 1.79. The second kappa shape index (κ2) is 7.78. The molecule has 2 N–H and O–H groups in total. The van der Waals surface area contributed by atoms with Crippen LogP contribution in [-0.2, 0) is 11.3 Å². The summed E-state index contributed by atoms with van der Waals surface area (Å²) in [7, 11) is 1.53. The van der Waals surface area contributed by atoms with Crippen LogP contribution < -0.4 is 15.4 Å². The van der Waals surface area contributed by atoms with Gasteiger partial charge in [-0.2, -0.15) is 0 Å². The fourth-order valence-electron chi connectivity index (χ4n) is 1.79. The predicted octanol–water partition coefficient (Wildman–Crippen LogP) is 1.14. The molecule has 0 aliphatic rings. The second-order valence-corrected chi connectivity index (χ2v) is 4.55. The molecule has 0 aliphatic carbocycles. The third-order valence-electron chi connectivity index (χ3n) is 2.95. The predicted molar refractivity (Wildman–Crippen MR) is 81.4 cm³/mol. The number of amides is 2. The number of aromatic nitrogens is 1. The van der Waals surface area contributed by atoms with Gasteiger partial charge in [0.05, 0.1) is 13.7 Å². The Hall–Kier alpha value is -2.89. The molecule has 0 bridgehead atoms. The van der Waals surface area contributed by atoms with Crippen LogP contribution in [0.1, 0.15) is 15.9 Å². The minimum atomic E-state index is -0.324. The summed E-state index contributed by atoms with van der Waals surface area (Å²) >= 11 is 0. The van der Waals surface area contributed by atoms with E-state index < -0.39 is 0 Å². The molecule has 0 fully saturated rings. The summed E-state index contributed by atoms with van der Waals surface area (Å²) in [6.45, 7) is 0.290. The van der Waals surface area contributed by atoms with Crippen molar-refractivity contribution in [3.8, 4) is 5.75 Å². The number of hydrogen-bond donors (Lipinski definition) is 2. The summed E-state index contributed by atoms with van der Waals surface area (Å²) in [6.07, 6.45) is 3.34.